The summed E-state index contributed by atoms with van der Waals surface area (Å²) in [6.45, 7) is 0. The zero-order valence-electron chi connectivity index (χ0n) is 13.1. The van der Waals surface area contributed by atoms with Crippen LogP contribution in [0.25, 0.3) is 21.9 Å². The maximum atomic E-state index is 12.9. The molecule has 4 aromatic rings. The van der Waals surface area contributed by atoms with Crippen molar-refractivity contribution in [1.29, 1.82) is 0 Å². The molecule has 2 N–H and O–H groups in total. The van der Waals surface area contributed by atoms with E-state index in [9.17, 15) is 9.59 Å². The minimum absolute atomic E-state index is 0.0974. The van der Waals surface area contributed by atoms with Crippen LogP contribution in [0.5, 0.6) is 0 Å². The van der Waals surface area contributed by atoms with Gasteiger partial charge in [-0.1, -0.05) is 12.1 Å². The van der Waals surface area contributed by atoms with Crippen molar-refractivity contribution in [3.63, 3.8) is 0 Å². The Balaban J connectivity index is 1.76. The Hall–Kier alpha value is -3.41. The van der Waals surface area contributed by atoms with Crippen molar-refractivity contribution in [1.82, 2.24) is 10.2 Å². The lowest BCUT2D eigenvalue weighted by molar-refractivity contribution is -0.116. The van der Waals surface area contributed by atoms with E-state index >= 15 is 0 Å². The molecule has 0 saturated carbocycles. The lowest BCUT2D eigenvalue weighted by atomic mass is 9.84. The normalized spacial score (nSPS) is 16.8. The molecule has 0 aliphatic carbocycles. The van der Waals surface area contributed by atoms with Crippen molar-refractivity contribution in [2.75, 3.05) is 5.32 Å². The lowest BCUT2D eigenvalue weighted by Gasteiger charge is -2.25. The third-order valence-corrected chi connectivity index (χ3v) is 4.73. The molecule has 1 aliphatic heterocycles. The number of carbonyl (C=O) groups excluding carboxylic acids is 1. The van der Waals surface area contributed by atoms with E-state index in [1.54, 1.807) is 24.4 Å². The van der Waals surface area contributed by atoms with Gasteiger partial charge < -0.3 is 9.73 Å². The van der Waals surface area contributed by atoms with Crippen LogP contribution in [0.15, 0.2) is 58.1 Å². The molecule has 3 heterocycles. The van der Waals surface area contributed by atoms with Crippen LogP contribution in [0.2, 0.25) is 0 Å². The molecule has 1 amide bonds. The Morgan fingerprint density at radius 1 is 1.12 bits per heavy atom. The molecule has 1 atom stereocenters. The molecule has 122 valence electrons. The van der Waals surface area contributed by atoms with E-state index in [2.05, 4.69) is 15.5 Å². The van der Waals surface area contributed by atoms with Crippen LogP contribution < -0.4 is 10.7 Å². The molecule has 2 aromatic carbocycles. The molecular weight excluding hydrogens is 318 g/mol. The Morgan fingerprint density at radius 2 is 2.00 bits per heavy atom. The SMILES string of the molecule is O=C1C[C@H](c2coc3ccccc3c2=O)c2cc3cn[nH]c3cc2N1. The standard InChI is InChI=1S/C19H13N3O3/c23-18-6-12(13-5-10-8-20-22-15(10)7-16(13)21-18)14-9-25-17-4-2-1-3-11(17)19(14)24/h1-5,7-9,12H,6H2,(H,20,22)(H,21,23)/t12-/m0/s1. The Kier molecular flexibility index (Phi) is 2.82. The first-order valence-corrected chi connectivity index (χ1v) is 7.98. The first-order chi connectivity index (χ1) is 12.2. The summed E-state index contributed by atoms with van der Waals surface area (Å²) in [7, 11) is 0. The molecule has 25 heavy (non-hydrogen) atoms. The van der Waals surface area contributed by atoms with Gasteiger partial charge in [0.15, 0.2) is 5.43 Å². The molecular formula is C19H13N3O3. The number of carbonyl (C=O) groups is 1. The number of anilines is 1. The summed E-state index contributed by atoms with van der Waals surface area (Å²) in [5, 5.41) is 11.3. The largest absolute Gasteiger partial charge is 0.464 e. The predicted octanol–water partition coefficient (Wildman–Crippen LogP) is 3.14. The fourth-order valence-corrected chi connectivity index (χ4v) is 3.51. The molecule has 0 fully saturated rings. The van der Waals surface area contributed by atoms with Crippen molar-refractivity contribution in [2.24, 2.45) is 0 Å². The number of aromatic amines is 1. The van der Waals surface area contributed by atoms with E-state index in [1.807, 2.05) is 18.2 Å². The summed E-state index contributed by atoms with van der Waals surface area (Å²) < 4.78 is 5.65. The topological polar surface area (TPSA) is 88.0 Å². The number of nitrogens with one attached hydrogen (secondary N) is 2. The van der Waals surface area contributed by atoms with Gasteiger partial charge in [0.05, 0.1) is 23.4 Å². The van der Waals surface area contributed by atoms with E-state index in [0.717, 1.165) is 16.5 Å². The molecule has 6 nitrogen and oxygen atoms in total. The number of benzene rings is 2. The summed E-state index contributed by atoms with van der Waals surface area (Å²) in [6.07, 6.45) is 3.42. The number of aromatic nitrogens is 2. The van der Waals surface area contributed by atoms with Crippen LogP contribution in [-0.4, -0.2) is 16.1 Å². The van der Waals surface area contributed by atoms with E-state index in [-0.39, 0.29) is 23.7 Å². The molecule has 0 saturated heterocycles. The predicted molar refractivity (Wildman–Crippen MR) is 93.7 cm³/mol. The molecule has 5 rings (SSSR count). The smallest absolute Gasteiger partial charge is 0.225 e. The Bertz CT molecular complexity index is 1210. The summed E-state index contributed by atoms with van der Waals surface area (Å²) in [4.78, 5) is 25.1. The van der Waals surface area contributed by atoms with Gasteiger partial charge in [-0.3, -0.25) is 14.7 Å². The highest BCUT2D eigenvalue weighted by atomic mass is 16.3. The third-order valence-electron chi connectivity index (χ3n) is 4.73. The number of H-pyrrole nitrogens is 1. The van der Waals surface area contributed by atoms with Gasteiger partial charge in [-0.05, 0) is 29.8 Å². The van der Waals surface area contributed by atoms with Gasteiger partial charge in [-0.25, -0.2) is 0 Å². The van der Waals surface area contributed by atoms with Crippen LogP contribution in [0.4, 0.5) is 5.69 Å². The maximum absolute atomic E-state index is 12.9. The van der Waals surface area contributed by atoms with E-state index in [0.29, 0.717) is 22.2 Å². The third kappa shape index (κ3) is 2.07. The summed E-state index contributed by atoms with van der Waals surface area (Å²) in [6, 6.07) is 11.0. The molecule has 0 unspecified atom stereocenters. The number of rotatable bonds is 1. The second-order valence-electron chi connectivity index (χ2n) is 6.22. The summed E-state index contributed by atoms with van der Waals surface area (Å²) in [5.41, 5.74) is 3.38. The van der Waals surface area contributed by atoms with Crippen LogP contribution in [-0.2, 0) is 4.79 Å². The van der Waals surface area contributed by atoms with Crippen molar-refractivity contribution in [3.05, 3.63) is 70.2 Å². The maximum Gasteiger partial charge on any atom is 0.225 e. The number of para-hydroxylation sites is 1. The van der Waals surface area contributed by atoms with Gasteiger partial charge in [0.25, 0.3) is 0 Å². The fraction of sp³-hybridized carbons (Fsp3) is 0.105. The second-order valence-corrected chi connectivity index (χ2v) is 6.22. The van der Waals surface area contributed by atoms with Crippen molar-refractivity contribution in [3.8, 4) is 0 Å². The van der Waals surface area contributed by atoms with Gasteiger partial charge in [0.1, 0.15) is 5.58 Å². The van der Waals surface area contributed by atoms with Gasteiger partial charge >= 0.3 is 0 Å². The zero-order chi connectivity index (χ0) is 17.0. The van der Waals surface area contributed by atoms with E-state index < -0.39 is 0 Å². The van der Waals surface area contributed by atoms with E-state index in [4.69, 9.17) is 4.42 Å². The number of hydrogen-bond acceptors (Lipinski definition) is 4. The van der Waals surface area contributed by atoms with Crippen molar-refractivity contribution < 1.29 is 9.21 Å². The quantitative estimate of drug-likeness (QED) is 0.561. The Morgan fingerprint density at radius 3 is 2.92 bits per heavy atom. The van der Waals surface area contributed by atoms with Gasteiger partial charge in [-0.15, -0.1) is 0 Å². The minimum Gasteiger partial charge on any atom is -0.464 e. The van der Waals surface area contributed by atoms with Gasteiger partial charge in [0.2, 0.25) is 5.91 Å². The molecule has 0 spiro atoms. The van der Waals surface area contributed by atoms with Crippen LogP contribution in [0.3, 0.4) is 0 Å². The van der Waals surface area contributed by atoms with Crippen LogP contribution in [0, 0.1) is 0 Å². The van der Waals surface area contributed by atoms with Crippen LogP contribution in [0.1, 0.15) is 23.5 Å². The highest BCUT2D eigenvalue weighted by Gasteiger charge is 2.29. The first kappa shape index (κ1) is 14.0. The summed E-state index contributed by atoms with van der Waals surface area (Å²) in [5.74, 6) is -0.465. The van der Waals surface area contributed by atoms with Crippen molar-refractivity contribution >= 4 is 33.5 Å². The monoisotopic (exact) mass is 331 g/mol. The summed E-state index contributed by atoms with van der Waals surface area (Å²) >= 11 is 0. The van der Waals surface area contributed by atoms with Crippen LogP contribution >= 0.6 is 0 Å². The average molecular weight is 331 g/mol. The van der Waals surface area contributed by atoms with Gasteiger partial charge in [-0.2, -0.15) is 5.10 Å². The number of nitrogens with zero attached hydrogens (tertiary/aromatic N) is 1. The minimum atomic E-state index is -0.344. The molecule has 6 heteroatoms. The molecule has 0 bridgehead atoms. The first-order valence-electron chi connectivity index (χ1n) is 7.98. The van der Waals surface area contributed by atoms with Gasteiger partial charge in [0, 0.05) is 29.0 Å². The average Bonchev–Trinajstić information content (AvgIpc) is 3.07. The highest BCUT2D eigenvalue weighted by molar-refractivity contribution is 5.98. The van der Waals surface area contributed by atoms with E-state index in [1.165, 1.54) is 6.26 Å². The lowest BCUT2D eigenvalue weighted by Crippen LogP contribution is -2.26. The molecule has 2 aromatic heterocycles. The highest BCUT2D eigenvalue weighted by Crippen LogP contribution is 2.38. The number of amides is 1. The number of fused-ring (bicyclic) bond motifs is 3. The number of hydrogen-bond donors (Lipinski definition) is 2. The fourth-order valence-electron chi connectivity index (χ4n) is 3.51. The molecule has 0 radical (unpaired) electrons. The Labute approximate surface area is 141 Å². The second kappa shape index (κ2) is 5.04. The zero-order valence-corrected chi connectivity index (χ0v) is 13.1. The molecule has 1 aliphatic rings. The van der Waals surface area contributed by atoms with Crippen molar-refractivity contribution in [2.45, 2.75) is 12.3 Å².